The average Bonchev–Trinajstić information content (AvgIpc) is 1.88. The summed E-state index contributed by atoms with van der Waals surface area (Å²) in [4.78, 5) is 2.25. The molecule has 1 aliphatic heterocycles. The molecule has 0 aromatic rings. The number of nitrogens with zero attached hydrogens (tertiary/aromatic N) is 2. The number of nitrogens with one attached hydrogen (secondary N) is 1. The van der Waals surface area contributed by atoms with E-state index in [2.05, 4.69) is 23.3 Å². The molecule has 1 heterocycles. The summed E-state index contributed by atoms with van der Waals surface area (Å²) in [5.41, 5.74) is 0. The molecule has 3 nitrogen and oxygen atoms in total. The van der Waals surface area contributed by atoms with E-state index in [9.17, 15) is 0 Å². The number of hydrogen-bond donors (Lipinski definition) is 1. The number of rotatable bonds is 1. The molecule has 0 aliphatic carbocycles. The van der Waals surface area contributed by atoms with Gasteiger partial charge in [-0.05, 0) is 7.05 Å². The molecule has 1 fully saturated rings. The predicted octanol–water partition coefficient (Wildman–Crippen LogP) is -0.196. The molecule has 1 aliphatic rings. The molecule has 0 unspecified atom stereocenters. The first-order valence-corrected chi connectivity index (χ1v) is 3.62. The Morgan fingerprint density at radius 3 is 3.20 bits per heavy atom. The lowest BCUT2D eigenvalue weighted by atomic mass is 10.2. The molecule has 0 amide bonds. The van der Waals surface area contributed by atoms with Crippen molar-refractivity contribution in [1.29, 1.82) is 5.26 Å². The summed E-state index contributed by atoms with van der Waals surface area (Å²) in [7, 11) is 2.09. The van der Waals surface area contributed by atoms with E-state index in [0.29, 0.717) is 12.5 Å². The van der Waals surface area contributed by atoms with Gasteiger partial charge in [0.15, 0.2) is 0 Å². The minimum Gasteiger partial charge on any atom is -0.310 e. The van der Waals surface area contributed by atoms with E-state index in [1.807, 2.05) is 0 Å². The van der Waals surface area contributed by atoms with Gasteiger partial charge in [0.05, 0.1) is 12.5 Å². The van der Waals surface area contributed by atoms with E-state index in [1.54, 1.807) is 0 Å². The Morgan fingerprint density at radius 1 is 1.80 bits per heavy atom. The third-order valence-electron chi connectivity index (χ3n) is 1.80. The minimum absolute atomic E-state index is 0.392. The molecule has 1 rings (SSSR count). The Hall–Kier alpha value is -0.590. The number of piperazine rings is 1. The van der Waals surface area contributed by atoms with Gasteiger partial charge in [0.1, 0.15) is 0 Å². The maximum Gasteiger partial charge on any atom is 0.0638 e. The Kier molecular flexibility index (Phi) is 2.67. The van der Waals surface area contributed by atoms with Gasteiger partial charge in [0.2, 0.25) is 0 Å². The molecule has 56 valence electrons. The van der Waals surface area contributed by atoms with Gasteiger partial charge in [-0.15, -0.1) is 0 Å². The van der Waals surface area contributed by atoms with Crippen molar-refractivity contribution < 1.29 is 0 Å². The Balaban J connectivity index is 2.27. The lowest BCUT2D eigenvalue weighted by molar-refractivity contribution is 0.240. The van der Waals surface area contributed by atoms with Crippen LogP contribution >= 0.6 is 0 Å². The zero-order valence-electron chi connectivity index (χ0n) is 6.30. The van der Waals surface area contributed by atoms with Crippen LogP contribution in [-0.2, 0) is 0 Å². The highest BCUT2D eigenvalue weighted by atomic mass is 15.2. The van der Waals surface area contributed by atoms with Crippen LogP contribution in [0.25, 0.3) is 0 Å². The normalized spacial score (nSPS) is 27.8. The van der Waals surface area contributed by atoms with E-state index in [4.69, 9.17) is 5.26 Å². The summed E-state index contributed by atoms with van der Waals surface area (Å²) >= 11 is 0. The van der Waals surface area contributed by atoms with Gasteiger partial charge < -0.3 is 10.2 Å². The molecule has 0 bridgehead atoms. The van der Waals surface area contributed by atoms with E-state index >= 15 is 0 Å². The highest BCUT2D eigenvalue weighted by Crippen LogP contribution is 1.98. The lowest BCUT2D eigenvalue weighted by Crippen LogP contribution is -2.48. The average molecular weight is 139 g/mol. The van der Waals surface area contributed by atoms with Crippen molar-refractivity contribution in [3.63, 3.8) is 0 Å². The molecular formula is C7H13N3. The zero-order chi connectivity index (χ0) is 7.40. The Morgan fingerprint density at radius 2 is 2.60 bits per heavy atom. The standard InChI is InChI=1S/C7H13N3/c1-10-5-4-9-7(6-10)2-3-8/h7,9H,2,4-6H2,1H3/t7-/m0/s1. The topological polar surface area (TPSA) is 39.1 Å². The van der Waals surface area contributed by atoms with Crippen molar-refractivity contribution in [1.82, 2.24) is 10.2 Å². The summed E-state index contributed by atoms with van der Waals surface area (Å²) < 4.78 is 0. The van der Waals surface area contributed by atoms with Crippen LogP contribution in [-0.4, -0.2) is 37.6 Å². The van der Waals surface area contributed by atoms with Crippen LogP contribution in [0.5, 0.6) is 0 Å². The summed E-state index contributed by atoms with van der Waals surface area (Å²) in [5.74, 6) is 0. The van der Waals surface area contributed by atoms with E-state index < -0.39 is 0 Å². The highest BCUT2D eigenvalue weighted by molar-refractivity contribution is 4.85. The second kappa shape index (κ2) is 3.55. The quantitative estimate of drug-likeness (QED) is 0.547. The molecular weight excluding hydrogens is 126 g/mol. The molecule has 1 saturated heterocycles. The van der Waals surface area contributed by atoms with Gasteiger partial charge in [0, 0.05) is 25.7 Å². The summed E-state index contributed by atoms with van der Waals surface area (Å²) in [6.07, 6.45) is 0.629. The first-order valence-electron chi connectivity index (χ1n) is 3.62. The second-order valence-electron chi connectivity index (χ2n) is 2.78. The van der Waals surface area contributed by atoms with Crippen molar-refractivity contribution in [2.24, 2.45) is 0 Å². The molecule has 1 atom stereocenters. The second-order valence-corrected chi connectivity index (χ2v) is 2.78. The first kappa shape index (κ1) is 7.52. The number of likely N-dealkylation sites (N-methyl/N-ethyl adjacent to an activating group) is 1. The van der Waals surface area contributed by atoms with Crippen LogP contribution in [0.3, 0.4) is 0 Å². The fourth-order valence-electron chi connectivity index (χ4n) is 1.24. The fraction of sp³-hybridized carbons (Fsp3) is 0.857. The summed E-state index contributed by atoms with van der Waals surface area (Å²) in [6.45, 7) is 3.12. The molecule has 0 aromatic heterocycles. The molecule has 0 radical (unpaired) electrons. The number of hydrogen-bond acceptors (Lipinski definition) is 3. The van der Waals surface area contributed by atoms with Crippen molar-refractivity contribution in [2.75, 3.05) is 26.7 Å². The monoisotopic (exact) mass is 139 g/mol. The van der Waals surface area contributed by atoms with Crippen LogP contribution in [0, 0.1) is 11.3 Å². The molecule has 1 N–H and O–H groups in total. The van der Waals surface area contributed by atoms with Crippen LogP contribution in [0.4, 0.5) is 0 Å². The lowest BCUT2D eigenvalue weighted by Gasteiger charge is -2.29. The zero-order valence-corrected chi connectivity index (χ0v) is 6.30. The van der Waals surface area contributed by atoms with E-state index in [-0.39, 0.29) is 0 Å². The fourth-order valence-corrected chi connectivity index (χ4v) is 1.24. The van der Waals surface area contributed by atoms with Gasteiger partial charge in [-0.1, -0.05) is 0 Å². The Labute approximate surface area is 61.6 Å². The van der Waals surface area contributed by atoms with Crippen molar-refractivity contribution in [3.8, 4) is 6.07 Å². The van der Waals surface area contributed by atoms with Crippen molar-refractivity contribution in [3.05, 3.63) is 0 Å². The van der Waals surface area contributed by atoms with E-state index in [1.165, 1.54) is 0 Å². The molecule has 3 heteroatoms. The van der Waals surface area contributed by atoms with Crippen molar-refractivity contribution >= 4 is 0 Å². The first-order chi connectivity index (χ1) is 4.83. The smallest absolute Gasteiger partial charge is 0.0638 e. The van der Waals surface area contributed by atoms with Gasteiger partial charge in [-0.2, -0.15) is 5.26 Å². The summed E-state index contributed by atoms with van der Waals surface area (Å²) in [6, 6.07) is 2.56. The maximum atomic E-state index is 8.40. The maximum absolute atomic E-state index is 8.40. The van der Waals surface area contributed by atoms with Crippen LogP contribution in [0.1, 0.15) is 6.42 Å². The van der Waals surface area contributed by atoms with E-state index in [0.717, 1.165) is 19.6 Å². The largest absolute Gasteiger partial charge is 0.310 e. The SMILES string of the molecule is CN1CCN[C@@H](CC#N)C1. The predicted molar refractivity (Wildman–Crippen MR) is 39.5 cm³/mol. The third-order valence-corrected chi connectivity index (χ3v) is 1.80. The number of nitriles is 1. The molecule has 0 saturated carbocycles. The van der Waals surface area contributed by atoms with Gasteiger partial charge >= 0.3 is 0 Å². The van der Waals surface area contributed by atoms with Crippen LogP contribution in [0.2, 0.25) is 0 Å². The minimum atomic E-state index is 0.392. The van der Waals surface area contributed by atoms with Crippen LogP contribution in [0.15, 0.2) is 0 Å². The van der Waals surface area contributed by atoms with Gasteiger partial charge in [-0.25, -0.2) is 0 Å². The van der Waals surface area contributed by atoms with Gasteiger partial charge in [0.25, 0.3) is 0 Å². The molecule has 0 aromatic carbocycles. The van der Waals surface area contributed by atoms with Crippen LogP contribution < -0.4 is 5.32 Å². The van der Waals surface area contributed by atoms with Crippen molar-refractivity contribution in [2.45, 2.75) is 12.5 Å². The molecule has 0 spiro atoms. The highest BCUT2D eigenvalue weighted by Gasteiger charge is 2.14. The molecule has 10 heavy (non-hydrogen) atoms. The third kappa shape index (κ3) is 1.98. The van der Waals surface area contributed by atoms with Gasteiger partial charge in [-0.3, -0.25) is 0 Å². The summed E-state index contributed by atoms with van der Waals surface area (Å²) in [5, 5.41) is 11.7. The Bertz CT molecular complexity index is 138.